The lowest BCUT2D eigenvalue weighted by atomic mass is 9.80. The Morgan fingerprint density at radius 1 is 0.906 bits per heavy atom. The van der Waals surface area contributed by atoms with Crippen molar-refractivity contribution in [2.24, 2.45) is 0 Å². The van der Waals surface area contributed by atoms with Crippen molar-refractivity contribution in [3.8, 4) is 0 Å². The number of H-pyrrole nitrogens is 2. The van der Waals surface area contributed by atoms with Crippen LogP contribution in [0.15, 0.2) is 72.8 Å². The Kier molecular flexibility index (Phi) is 3.30. The Labute approximate surface area is 184 Å². The number of nitrogens with zero attached hydrogens (tertiary/aromatic N) is 3. The van der Waals surface area contributed by atoms with E-state index in [4.69, 9.17) is 4.98 Å². The summed E-state index contributed by atoms with van der Waals surface area (Å²) in [5, 5.41) is 1.19. The molecular weight excluding hydrogens is 398 g/mol. The molecule has 156 valence electrons. The summed E-state index contributed by atoms with van der Waals surface area (Å²) in [6.07, 6.45) is 0.831. The van der Waals surface area contributed by atoms with E-state index in [0.29, 0.717) is 12.5 Å². The molecule has 0 aliphatic carbocycles. The molecule has 5 aromatic rings. The smallest absolute Gasteiger partial charge is 0.263 e. The molecule has 2 N–H and O–H groups in total. The molecule has 3 aromatic carbocycles. The van der Waals surface area contributed by atoms with Gasteiger partial charge in [-0.05, 0) is 36.2 Å². The normalized spacial score (nSPS) is 19.8. The van der Waals surface area contributed by atoms with Gasteiger partial charge in [-0.1, -0.05) is 48.5 Å². The molecule has 6 nitrogen and oxygen atoms in total. The van der Waals surface area contributed by atoms with E-state index < -0.39 is 5.54 Å². The average Bonchev–Trinajstić information content (AvgIpc) is 3.49. The molecule has 2 aliphatic heterocycles. The van der Waals surface area contributed by atoms with Crippen molar-refractivity contribution in [2.45, 2.75) is 12.0 Å². The molecule has 1 unspecified atom stereocenters. The van der Waals surface area contributed by atoms with Crippen molar-refractivity contribution >= 4 is 39.5 Å². The van der Waals surface area contributed by atoms with Crippen LogP contribution in [0.5, 0.6) is 0 Å². The maximum Gasteiger partial charge on any atom is 0.263 e. The van der Waals surface area contributed by atoms with Gasteiger partial charge in [-0.3, -0.25) is 4.79 Å². The number of para-hydroxylation sites is 4. The Morgan fingerprint density at radius 3 is 2.53 bits per heavy atom. The molecular formula is C26H21N5O. The minimum Gasteiger partial charge on any atom is -0.355 e. The Morgan fingerprint density at radius 2 is 1.66 bits per heavy atom. The SMILES string of the molecule is CN1C(=O)C2(c3ccccc31)c1[nH]c3ccccc3c1CCN2c1nc2ccccc2[nH]1. The predicted octanol–water partition coefficient (Wildman–Crippen LogP) is 4.33. The van der Waals surface area contributed by atoms with Crippen LogP contribution in [0.3, 0.4) is 0 Å². The van der Waals surface area contributed by atoms with E-state index in [1.807, 2.05) is 55.6 Å². The van der Waals surface area contributed by atoms with Crippen LogP contribution in [0.1, 0.15) is 16.8 Å². The molecule has 0 radical (unpaired) electrons. The third-order valence-corrected chi connectivity index (χ3v) is 7.07. The molecule has 0 saturated heterocycles. The molecule has 32 heavy (non-hydrogen) atoms. The second-order valence-corrected chi connectivity index (χ2v) is 8.60. The third-order valence-electron chi connectivity index (χ3n) is 7.07. The lowest BCUT2D eigenvalue weighted by Gasteiger charge is -2.43. The quantitative estimate of drug-likeness (QED) is 0.425. The number of aromatic nitrogens is 3. The van der Waals surface area contributed by atoms with Crippen LogP contribution >= 0.6 is 0 Å². The average molecular weight is 419 g/mol. The molecule has 0 bridgehead atoms. The molecule has 2 aromatic heterocycles. The Balaban J connectivity index is 1.58. The third kappa shape index (κ3) is 1.99. The van der Waals surface area contributed by atoms with Gasteiger partial charge in [0.05, 0.1) is 16.7 Å². The minimum absolute atomic E-state index is 0.0339. The lowest BCUT2D eigenvalue weighted by molar-refractivity contribution is -0.121. The molecule has 7 rings (SSSR count). The first-order valence-corrected chi connectivity index (χ1v) is 10.9. The van der Waals surface area contributed by atoms with Crippen molar-refractivity contribution in [2.75, 3.05) is 23.4 Å². The fourth-order valence-corrected chi connectivity index (χ4v) is 5.67. The van der Waals surface area contributed by atoms with E-state index in [0.717, 1.165) is 39.9 Å². The summed E-state index contributed by atoms with van der Waals surface area (Å²) < 4.78 is 0. The van der Waals surface area contributed by atoms with Crippen LogP contribution < -0.4 is 9.80 Å². The number of anilines is 2. The molecule has 1 atom stereocenters. The van der Waals surface area contributed by atoms with Crippen LogP contribution in [0, 0.1) is 0 Å². The number of imidazole rings is 1. The summed E-state index contributed by atoms with van der Waals surface area (Å²) in [6, 6.07) is 24.4. The first-order chi connectivity index (χ1) is 15.7. The topological polar surface area (TPSA) is 68.0 Å². The van der Waals surface area contributed by atoms with E-state index in [-0.39, 0.29) is 5.91 Å². The molecule has 4 heterocycles. The van der Waals surface area contributed by atoms with Crippen LogP contribution in [0.4, 0.5) is 11.6 Å². The van der Waals surface area contributed by atoms with Gasteiger partial charge in [0.2, 0.25) is 5.95 Å². The van der Waals surface area contributed by atoms with Gasteiger partial charge in [0, 0.05) is 35.7 Å². The van der Waals surface area contributed by atoms with Gasteiger partial charge in [0.1, 0.15) is 0 Å². The highest BCUT2D eigenvalue weighted by atomic mass is 16.2. The van der Waals surface area contributed by atoms with Crippen LogP contribution in [0.2, 0.25) is 0 Å². The van der Waals surface area contributed by atoms with Gasteiger partial charge in [-0.15, -0.1) is 0 Å². The van der Waals surface area contributed by atoms with E-state index >= 15 is 0 Å². The zero-order chi connectivity index (χ0) is 21.4. The van der Waals surface area contributed by atoms with Gasteiger partial charge >= 0.3 is 0 Å². The van der Waals surface area contributed by atoms with Gasteiger partial charge in [-0.25, -0.2) is 4.98 Å². The summed E-state index contributed by atoms with van der Waals surface area (Å²) in [7, 11) is 1.86. The minimum atomic E-state index is -0.994. The monoisotopic (exact) mass is 419 g/mol. The van der Waals surface area contributed by atoms with Crippen molar-refractivity contribution in [3.63, 3.8) is 0 Å². The number of fused-ring (bicyclic) bond motifs is 7. The standard InChI is InChI=1S/C26H21N5O/c1-30-22-13-7-3-9-18(22)26(24(30)32)23-17(16-8-2-4-10-19(16)27-23)14-15-31(26)25-28-20-11-5-6-12-21(20)29-25/h2-13,27H,14-15H2,1H3,(H,28,29). The van der Waals surface area contributed by atoms with Crippen molar-refractivity contribution in [3.05, 3.63) is 89.6 Å². The van der Waals surface area contributed by atoms with Gasteiger partial charge in [0.25, 0.3) is 5.91 Å². The fourth-order valence-electron chi connectivity index (χ4n) is 5.67. The molecule has 1 amide bonds. The fraction of sp³-hybridized carbons (Fsp3) is 0.154. The van der Waals surface area contributed by atoms with Crippen LogP contribution in [-0.2, 0) is 16.8 Å². The second kappa shape index (κ2) is 6.01. The predicted molar refractivity (Wildman–Crippen MR) is 126 cm³/mol. The largest absolute Gasteiger partial charge is 0.355 e. The second-order valence-electron chi connectivity index (χ2n) is 8.60. The van der Waals surface area contributed by atoms with Crippen molar-refractivity contribution in [1.82, 2.24) is 15.0 Å². The molecule has 1 spiro atoms. The zero-order valence-corrected chi connectivity index (χ0v) is 17.6. The maximum atomic E-state index is 14.2. The van der Waals surface area contributed by atoms with Crippen LogP contribution in [0.25, 0.3) is 21.9 Å². The van der Waals surface area contributed by atoms with Crippen LogP contribution in [-0.4, -0.2) is 34.5 Å². The number of aromatic amines is 2. The number of benzene rings is 3. The highest BCUT2D eigenvalue weighted by Crippen LogP contribution is 2.52. The first-order valence-electron chi connectivity index (χ1n) is 10.9. The van der Waals surface area contributed by atoms with E-state index in [1.165, 1.54) is 10.9 Å². The Hall–Kier alpha value is -4.06. The zero-order valence-electron chi connectivity index (χ0n) is 17.6. The highest BCUT2D eigenvalue weighted by molar-refractivity contribution is 6.13. The summed E-state index contributed by atoms with van der Waals surface area (Å²) in [5.41, 5.74) is 6.01. The lowest BCUT2D eigenvalue weighted by Crippen LogP contribution is -2.57. The van der Waals surface area contributed by atoms with E-state index in [9.17, 15) is 4.79 Å². The van der Waals surface area contributed by atoms with Crippen molar-refractivity contribution < 1.29 is 4.79 Å². The summed E-state index contributed by atoms with van der Waals surface area (Å²) in [5.74, 6) is 0.751. The summed E-state index contributed by atoms with van der Waals surface area (Å²) in [4.78, 5) is 30.2. The summed E-state index contributed by atoms with van der Waals surface area (Å²) in [6.45, 7) is 0.683. The number of rotatable bonds is 1. The molecule has 0 fully saturated rings. The Bertz CT molecular complexity index is 1510. The van der Waals surface area contributed by atoms with Gasteiger partial charge in [0.15, 0.2) is 5.54 Å². The number of nitrogens with one attached hydrogen (secondary N) is 2. The molecule has 2 aliphatic rings. The van der Waals surface area contributed by atoms with E-state index in [1.54, 1.807) is 4.90 Å². The highest BCUT2D eigenvalue weighted by Gasteiger charge is 2.59. The van der Waals surface area contributed by atoms with Gasteiger partial charge in [-0.2, -0.15) is 0 Å². The number of carbonyl (C=O) groups is 1. The number of hydrogen-bond acceptors (Lipinski definition) is 3. The number of amides is 1. The molecule has 0 saturated carbocycles. The number of hydrogen-bond donors (Lipinski definition) is 2. The summed E-state index contributed by atoms with van der Waals surface area (Å²) >= 11 is 0. The van der Waals surface area contributed by atoms with Crippen molar-refractivity contribution in [1.29, 1.82) is 0 Å². The maximum absolute atomic E-state index is 14.2. The van der Waals surface area contributed by atoms with Gasteiger partial charge < -0.3 is 19.8 Å². The number of carbonyl (C=O) groups excluding carboxylic acids is 1. The molecule has 6 heteroatoms. The van der Waals surface area contributed by atoms with E-state index in [2.05, 4.69) is 39.1 Å². The first kappa shape index (κ1) is 17.6. The number of likely N-dealkylation sites (N-methyl/N-ethyl adjacent to an activating group) is 1.